The van der Waals surface area contributed by atoms with Crippen LogP contribution >= 0.6 is 0 Å². The maximum atomic E-state index is 4.58. The van der Waals surface area contributed by atoms with Gasteiger partial charge in [0.15, 0.2) is 0 Å². The Balaban J connectivity index is 2.24. The van der Waals surface area contributed by atoms with Gasteiger partial charge >= 0.3 is 0 Å². The van der Waals surface area contributed by atoms with E-state index in [1.165, 1.54) is 11.1 Å². The van der Waals surface area contributed by atoms with Crippen LogP contribution in [0.25, 0.3) is 0 Å². The summed E-state index contributed by atoms with van der Waals surface area (Å²) < 4.78 is 2.18. The van der Waals surface area contributed by atoms with Crippen LogP contribution in [0.3, 0.4) is 0 Å². The van der Waals surface area contributed by atoms with Gasteiger partial charge < -0.3 is 9.88 Å². The number of anilines is 1. The molecule has 1 atom stereocenters. The maximum absolute atomic E-state index is 4.58. The third-order valence-corrected chi connectivity index (χ3v) is 3.41. The normalized spacial score (nSPS) is 12.7. The van der Waals surface area contributed by atoms with E-state index in [9.17, 15) is 0 Å². The van der Waals surface area contributed by atoms with Gasteiger partial charge in [-0.2, -0.15) is 0 Å². The number of aromatic nitrogens is 2. The highest BCUT2D eigenvalue weighted by Crippen LogP contribution is 2.23. The minimum absolute atomic E-state index is 0.250. The topological polar surface area (TPSA) is 29.9 Å². The Morgan fingerprint density at radius 1 is 1.11 bits per heavy atom. The van der Waals surface area contributed by atoms with E-state index in [0.29, 0.717) is 6.04 Å². The Bertz CT molecular complexity index is 555. The molecule has 0 saturated carbocycles. The zero-order chi connectivity index (χ0) is 14.0. The molecule has 0 radical (unpaired) electrons. The molecule has 2 rings (SSSR count). The molecule has 2 aromatic rings. The summed E-state index contributed by atoms with van der Waals surface area (Å²) in [7, 11) is 0. The molecular formula is C16H23N3. The summed E-state index contributed by atoms with van der Waals surface area (Å²) in [6.45, 7) is 10.7. The van der Waals surface area contributed by atoms with Gasteiger partial charge in [0, 0.05) is 12.2 Å². The fourth-order valence-corrected chi connectivity index (χ4v) is 2.36. The number of nitrogens with zero attached hydrogens (tertiary/aromatic N) is 2. The number of benzene rings is 1. The van der Waals surface area contributed by atoms with Crippen molar-refractivity contribution in [1.82, 2.24) is 9.55 Å². The van der Waals surface area contributed by atoms with Gasteiger partial charge in [0.1, 0.15) is 0 Å². The number of nitrogens with one attached hydrogen (secondary N) is 1. The first-order chi connectivity index (χ1) is 8.99. The lowest BCUT2D eigenvalue weighted by Crippen LogP contribution is -2.13. The smallest absolute Gasteiger partial charge is 0.203 e. The molecule has 1 N–H and O–H groups in total. The van der Waals surface area contributed by atoms with Crippen molar-refractivity contribution >= 4 is 5.95 Å². The predicted molar refractivity (Wildman–Crippen MR) is 80.6 cm³/mol. The van der Waals surface area contributed by atoms with E-state index in [4.69, 9.17) is 0 Å². The van der Waals surface area contributed by atoms with Gasteiger partial charge in [0.25, 0.3) is 0 Å². The zero-order valence-electron chi connectivity index (χ0n) is 12.4. The average Bonchev–Trinajstić information content (AvgIpc) is 2.70. The van der Waals surface area contributed by atoms with Gasteiger partial charge in [-0.05, 0) is 45.7 Å². The van der Waals surface area contributed by atoms with E-state index >= 15 is 0 Å². The summed E-state index contributed by atoms with van der Waals surface area (Å²) >= 11 is 0. The Kier molecular flexibility index (Phi) is 3.93. The van der Waals surface area contributed by atoms with Crippen molar-refractivity contribution in [3.8, 4) is 0 Å². The lowest BCUT2D eigenvalue weighted by atomic mass is 10.0. The van der Waals surface area contributed by atoms with Crippen molar-refractivity contribution in [2.75, 3.05) is 5.32 Å². The van der Waals surface area contributed by atoms with Gasteiger partial charge in [-0.15, -0.1) is 0 Å². The first kappa shape index (κ1) is 13.7. The second kappa shape index (κ2) is 5.47. The molecule has 1 heterocycles. The summed E-state index contributed by atoms with van der Waals surface area (Å²) in [6, 6.07) is 9.13. The molecule has 19 heavy (non-hydrogen) atoms. The highest BCUT2D eigenvalue weighted by Gasteiger charge is 2.13. The summed E-state index contributed by atoms with van der Waals surface area (Å²) in [5.41, 5.74) is 3.67. The molecule has 3 heteroatoms. The van der Waals surface area contributed by atoms with Crippen molar-refractivity contribution in [1.29, 1.82) is 0 Å². The molecule has 0 amide bonds. The number of rotatable bonds is 4. The van der Waals surface area contributed by atoms with Crippen LogP contribution in [0.4, 0.5) is 5.95 Å². The van der Waals surface area contributed by atoms with Gasteiger partial charge in [-0.25, -0.2) is 4.98 Å². The van der Waals surface area contributed by atoms with Gasteiger partial charge in [0.05, 0.1) is 11.7 Å². The van der Waals surface area contributed by atoms with Gasteiger partial charge in [-0.1, -0.05) is 24.3 Å². The van der Waals surface area contributed by atoms with E-state index in [0.717, 1.165) is 11.6 Å². The summed E-state index contributed by atoms with van der Waals surface area (Å²) in [5, 5.41) is 3.52. The Morgan fingerprint density at radius 3 is 2.42 bits per heavy atom. The molecular weight excluding hydrogens is 234 g/mol. The van der Waals surface area contributed by atoms with Crippen LogP contribution < -0.4 is 5.32 Å². The highest BCUT2D eigenvalue weighted by molar-refractivity contribution is 5.37. The van der Waals surface area contributed by atoms with E-state index in [2.05, 4.69) is 73.0 Å². The largest absolute Gasteiger partial charge is 0.349 e. The third kappa shape index (κ3) is 2.98. The van der Waals surface area contributed by atoms with E-state index in [1.807, 2.05) is 6.92 Å². The van der Waals surface area contributed by atoms with Crippen LogP contribution in [0.15, 0.2) is 30.5 Å². The second-order valence-corrected chi connectivity index (χ2v) is 5.43. The zero-order valence-corrected chi connectivity index (χ0v) is 12.4. The quantitative estimate of drug-likeness (QED) is 0.887. The Labute approximate surface area is 115 Å². The molecule has 102 valence electrons. The summed E-state index contributed by atoms with van der Waals surface area (Å²) in [4.78, 5) is 4.58. The van der Waals surface area contributed by atoms with Crippen LogP contribution in [-0.2, 0) is 0 Å². The Morgan fingerprint density at radius 2 is 1.79 bits per heavy atom. The third-order valence-electron chi connectivity index (χ3n) is 3.41. The van der Waals surface area contributed by atoms with Gasteiger partial charge in [0.2, 0.25) is 5.95 Å². The fourth-order valence-electron chi connectivity index (χ4n) is 2.36. The summed E-state index contributed by atoms with van der Waals surface area (Å²) in [5.74, 6) is 0.947. The molecule has 0 aliphatic heterocycles. The molecule has 0 spiro atoms. The number of hydrogen-bond acceptors (Lipinski definition) is 2. The molecule has 3 nitrogen and oxygen atoms in total. The van der Waals surface area contributed by atoms with Crippen molar-refractivity contribution in [3.05, 3.63) is 47.3 Å². The first-order valence-electron chi connectivity index (χ1n) is 6.86. The Hall–Kier alpha value is -1.77. The molecule has 0 aliphatic carbocycles. The van der Waals surface area contributed by atoms with Crippen molar-refractivity contribution in [3.63, 3.8) is 0 Å². The molecule has 1 aromatic carbocycles. The van der Waals surface area contributed by atoms with Gasteiger partial charge in [-0.3, -0.25) is 0 Å². The van der Waals surface area contributed by atoms with Crippen molar-refractivity contribution in [2.45, 2.75) is 46.7 Å². The second-order valence-electron chi connectivity index (χ2n) is 5.43. The minimum Gasteiger partial charge on any atom is -0.349 e. The van der Waals surface area contributed by atoms with Crippen LogP contribution in [0.1, 0.15) is 49.7 Å². The van der Waals surface area contributed by atoms with Crippen LogP contribution in [0.2, 0.25) is 0 Å². The maximum Gasteiger partial charge on any atom is 0.203 e. The average molecular weight is 257 g/mol. The SMILES string of the molecule is Cc1cn(C(C)C)c(NC(C)c2ccccc2C)n1. The molecule has 1 unspecified atom stereocenters. The standard InChI is InChI=1S/C16H23N3/c1-11(2)19-10-13(4)17-16(19)18-14(5)15-9-7-6-8-12(15)3/h6-11,14H,1-5H3,(H,17,18). The first-order valence-corrected chi connectivity index (χ1v) is 6.86. The van der Waals surface area contributed by atoms with Crippen LogP contribution in [0.5, 0.6) is 0 Å². The number of aryl methyl sites for hydroxylation is 2. The van der Waals surface area contributed by atoms with Crippen molar-refractivity contribution < 1.29 is 0 Å². The number of hydrogen-bond donors (Lipinski definition) is 1. The van der Waals surface area contributed by atoms with Crippen molar-refractivity contribution in [2.24, 2.45) is 0 Å². The molecule has 0 bridgehead atoms. The highest BCUT2D eigenvalue weighted by atomic mass is 15.2. The monoisotopic (exact) mass is 257 g/mol. The summed E-state index contributed by atoms with van der Waals surface area (Å²) in [6.07, 6.45) is 2.09. The lowest BCUT2D eigenvalue weighted by Gasteiger charge is -2.19. The molecule has 0 aliphatic rings. The van der Waals surface area contributed by atoms with E-state index < -0.39 is 0 Å². The molecule has 1 aromatic heterocycles. The van der Waals surface area contributed by atoms with Crippen LogP contribution in [-0.4, -0.2) is 9.55 Å². The van der Waals surface area contributed by atoms with E-state index in [1.54, 1.807) is 0 Å². The lowest BCUT2D eigenvalue weighted by molar-refractivity contribution is 0.600. The van der Waals surface area contributed by atoms with E-state index in [-0.39, 0.29) is 6.04 Å². The molecule has 0 saturated heterocycles. The predicted octanol–water partition coefficient (Wildman–Crippen LogP) is 4.25. The minimum atomic E-state index is 0.250. The fraction of sp³-hybridized carbons (Fsp3) is 0.438. The molecule has 0 fully saturated rings. The van der Waals surface area contributed by atoms with Crippen LogP contribution in [0, 0.1) is 13.8 Å². The number of imidazole rings is 1.